The Morgan fingerprint density at radius 3 is 2.07 bits per heavy atom. The first-order chi connectivity index (χ1) is 14.3. The molecule has 166 valence electrons. The van der Waals surface area contributed by atoms with E-state index < -0.39 is 11.9 Å². The van der Waals surface area contributed by atoms with Crippen molar-refractivity contribution in [3.05, 3.63) is 29.8 Å². The maximum Gasteiger partial charge on any atom is 0.414 e. The SMILES string of the molecule is COc1ccccc1CN1CCC(C(=O)N2CCC(C)CC2)CC1.O=C(O)C(=O)O. The molecule has 0 unspecified atom stereocenters. The lowest BCUT2D eigenvalue weighted by Crippen LogP contribution is -2.45. The van der Waals surface area contributed by atoms with Gasteiger partial charge in [0.05, 0.1) is 7.11 Å². The topological polar surface area (TPSA) is 107 Å². The quantitative estimate of drug-likeness (QED) is 0.720. The Hall–Kier alpha value is -2.61. The number of ether oxygens (including phenoxy) is 1. The van der Waals surface area contributed by atoms with E-state index in [0.717, 1.165) is 57.2 Å². The summed E-state index contributed by atoms with van der Waals surface area (Å²) in [6.07, 6.45) is 4.30. The molecule has 30 heavy (non-hydrogen) atoms. The summed E-state index contributed by atoms with van der Waals surface area (Å²) in [5, 5.41) is 14.8. The highest BCUT2D eigenvalue weighted by molar-refractivity contribution is 6.27. The molecule has 0 atom stereocenters. The molecule has 2 fully saturated rings. The normalized spacial score (nSPS) is 18.3. The maximum atomic E-state index is 12.7. The van der Waals surface area contributed by atoms with E-state index in [1.54, 1.807) is 7.11 Å². The molecule has 1 aromatic rings. The molecule has 2 heterocycles. The highest BCUT2D eigenvalue weighted by Crippen LogP contribution is 2.26. The van der Waals surface area contributed by atoms with Crippen molar-refractivity contribution in [2.45, 2.75) is 39.2 Å². The summed E-state index contributed by atoms with van der Waals surface area (Å²) < 4.78 is 5.45. The molecule has 0 spiro atoms. The largest absolute Gasteiger partial charge is 0.496 e. The van der Waals surface area contributed by atoms with E-state index in [-0.39, 0.29) is 5.92 Å². The number of para-hydroxylation sites is 1. The molecule has 1 amide bonds. The van der Waals surface area contributed by atoms with E-state index in [4.69, 9.17) is 24.5 Å². The summed E-state index contributed by atoms with van der Waals surface area (Å²) in [6.45, 7) is 7.12. The number of benzene rings is 1. The molecule has 3 rings (SSSR count). The molecule has 0 radical (unpaired) electrons. The van der Waals surface area contributed by atoms with Gasteiger partial charge in [-0.1, -0.05) is 25.1 Å². The van der Waals surface area contributed by atoms with Gasteiger partial charge in [-0.2, -0.15) is 0 Å². The molecular formula is C22H32N2O6. The molecule has 2 aliphatic rings. The summed E-state index contributed by atoms with van der Waals surface area (Å²) in [4.78, 5) is 35.5. The number of hydrogen-bond donors (Lipinski definition) is 2. The zero-order valence-corrected chi connectivity index (χ0v) is 17.7. The number of amides is 1. The van der Waals surface area contributed by atoms with Crippen LogP contribution in [-0.4, -0.2) is 71.1 Å². The van der Waals surface area contributed by atoms with E-state index in [1.807, 2.05) is 12.1 Å². The smallest absolute Gasteiger partial charge is 0.414 e. The Morgan fingerprint density at radius 1 is 0.967 bits per heavy atom. The van der Waals surface area contributed by atoms with Crippen molar-refractivity contribution in [3.8, 4) is 5.75 Å². The van der Waals surface area contributed by atoms with Crippen LogP contribution in [0.4, 0.5) is 0 Å². The van der Waals surface area contributed by atoms with Crippen LogP contribution in [0.5, 0.6) is 5.75 Å². The van der Waals surface area contributed by atoms with Crippen LogP contribution in [0.1, 0.15) is 38.2 Å². The lowest BCUT2D eigenvalue weighted by Gasteiger charge is -2.36. The molecule has 0 bridgehead atoms. The van der Waals surface area contributed by atoms with Crippen LogP contribution in [0.3, 0.4) is 0 Å². The minimum atomic E-state index is -1.82. The first-order valence-electron chi connectivity index (χ1n) is 10.4. The fraction of sp³-hybridized carbons (Fsp3) is 0.591. The number of rotatable bonds is 4. The number of carboxylic acid groups (broad SMARTS) is 2. The highest BCUT2D eigenvalue weighted by Gasteiger charge is 2.30. The van der Waals surface area contributed by atoms with Crippen molar-refractivity contribution in [1.29, 1.82) is 0 Å². The zero-order valence-electron chi connectivity index (χ0n) is 17.7. The van der Waals surface area contributed by atoms with Gasteiger partial charge < -0.3 is 19.8 Å². The minimum absolute atomic E-state index is 0.229. The fourth-order valence-electron chi connectivity index (χ4n) is 3.90. The van der Waals surface area contributed by atoms with Gasteiger partial charge in [-0.25, -0.2) is 9.59 Å². The summed E-state index contributed by atoms with van der Waals surface area (Å²) in [5.41, 5.74) is 1.23. The summed E-state index contributed by atoms with van der Waals surface area (Å²) in [6, 6.07) is 8.21. The van der Waals surface area contributed by atoms with E-state index >= 15 is 0 Å². The lowest BCUT2D eigenvalue weighted by molar-refractivity contribution is -0.159. The van der Waals surface area contributed by atoms with Crippen LogP contribution >= 0.6 is 0 Å². The van der Waals surface area contributed by atoms with Gasteiger partial charge in [-0.15, -0.1) is 0 Å². The molecule has 0 aromatic heterocycles. The number of hydrogen-bond acceptors (Lipinski definition) is 5. The summed E-state index contributed by atoms with van der Waals surface area (Å²) in [5.74, 6) is -1.29. The fourth-order valence-corrected chi connectivity index (χ4v) is 3.90. The number of methoxy groups -OCH3 is 1. The van der Waals surface area contributed by atoms with Gasteiger partial charge in [0.1, 0.15) is 5.75 Å². The number of carboxylic acids is 2. The van der Waals surface area contributed by atoms with Crippen LogP contribution in [-0.2, 0) is 20.9 Å². The minimum Gasteiger partial charge on any atom is -0.496 e. The molecule has 0 aliphatic carbocycles. The maximum absolute atomic E-state index is 12.7. The Bertz CT molecular complexity index is 710. The number of carbonyl (C=O) groups is 3. The number of piperidine rings is 2. The molecule has 2 N–H and O–H groups in total. The summed E-state index contributed by atoms with van der Waals surface area (Å²) in [7, 11) is 1.73. The van der Waals surface area contributed by atoms with Crippen LogP contribution in [0.15, 0.2) is 24.3 Å². The third-order valence-corrected chi connectivity index (χ3v) is 5.80. The van der Waals surface area contributed by atoms with Crippen molar-refractivity contribution in [2.24, 2.45) is 11.8 Å². The van der Waals surface area contributed by atoms with Gasteiger partial charge in [0.2, 0.25) is 5.91 Å². The Labute approximate surface area is 177 Å². The second-order valence-electron chi connectivity index (χ2n) is 7.98. The molecule has 2 aliphatic heterocycles. The van der Waals surface area contributed by atoms with Gasteiger partial charge in [-0.3, -0.25) is 9.69 Å². The Kier molecular flexibility index (Phi) is 9.11. The van der Waals surface area contributed by atoms with Crippen molar-refractivity contribution in [1.82, 2.24) is 9.80 Å². The molecule has 8 nitrogen and oxygen atoms in total. The first-order valence-corrected chi connectivity index (χ1v) is 10.4. The Morgan fingerprint density at radius 2 is 1.53 bits per heavy atom. The predicted octanol–water partition coefficient (Wildman–Crippen LogP) is 2.32. The van der Waals surface area contributed by atoms with Gasteiger partial charge in [-0.05, 0) is 50.8 Å². The van der Waals surface area contributed by atoms with Crippen LogP contribution in [0.2, 0.25) is 0 Å². The average Bonchev–Trinajstić information content (AvgIpc) is 2.75. The monoisotopic (exact) mass is 420 g/mol. The van der Waals surface area contributed by atoms with Gasteiger partial charge >= 0.3 is 11.9 Å². The van der Waals surface area contributed by atoms with Crippen molar-refractivity contribution in [2.75, 3.05) is 33.3 Å². The molecule has 1 aromatic carbocycles. The van der Waals surface area contributed by atoms with Crippen LogP contribution in [0.25, 0.3) is 0 Å². The molecular weight excluding hydrogens is 388 g/mol. The highest BCUT2D eigenvalue weighted by atomic mass is 16.5. The lowest BCUT2D eigenvalue weighted by atomic mass is 9.92. The summed E-state index contributed by atoms with van der Waals surface area (Å²) >= 11 is 0. The average molecular weight is 421 g/mol. The Balaban J connectivity index is 0.000000469. The molecule has 2 saturated heterocycles. The third kappa shape index (κ3) is 7.02. The second kappa shape index (κ2) is 11.5. The number of nitrogens with zero attached hydrogens (tertiary/aromatic N) is 2. The van der Waals surface area contributed by atoms with E-state index in [1.165, 1.54) is 18.4 Å². The molecule has 8 heteroatoms. The van der Waals surface area contributed by atoms with Gasteiger partial charge in [0.25, 0.3) is 0 Å². The van der Waals surface area contributed by atoms with Crippen molar-refractivity contribution in [3.63, 3.8) is 0 Å². The third-order valence-electron chi connectivity index (χ3n) is 5.80. The van der Waals surface area contributed by atoms with Crippen molar-refractivity contribution < 1.29 is 29.3 Å². The predicted molar refractivity (Wildman–Crippen MR) is 111 cm³/mol. The standard InChI is InChI=1S/C20H30N2O2.C2H2O4/c1-16-7-13-22(14-8-16)20(23)17-9-11-21(12-10-17)15-18-5-3-4-6-19(18)24-2;3-1(4)2(5)6/h3-6,16-17H,7-15H2,1-2H3;(H,3,4)(H,5,6). The van der Waals surface area contributed by atoms with Crippen LogP contribution < -0.4 is 4.74 Å². The zero-order chi connectivity index (χ0) is 22.1. The van der Waals surface area contributed by atoms with E-state index in [9.17, 15) is 4.79 Å². The van der Waals surface area contributed by atoms with Crippen molar-refractivity contribution >= 4 is 17.8 Å². The van der Waals surface area contributed by atoms with Crippen LogP contribution in [0, 0.1) is 11.8 Å². The first kappa shape index (κ1) is 23.7. The molecule has 0 saturated carbocycles. The number of likely N-dealkylation sites (tertiary alicyclic amines) is 2. The van der Waals surface area contributed by atoms with Gasteiger partial charge in [0, 0.05) is 31.1 Å². The van der Waals surface area contributed by atoms with E-state index in [2.05, 4.69) is 28.9 Å². The van der Waals surface area contributed by atoms with E-state index in [0.29, 0.717) is 5.91 Å². The second-order valence-corrected chi connectivity index (χ2v) is 7.98. The number of aliphatic carboxylic acids is 2. The van der Waals surface area contributed by atoms with Gasteiger partial charge in [0.15, 0.2) is 0 Å². The number of carbonyl (C=O) groups excluding carboxylic acids is 1.